The van der Waals surface area contributed by atoms with E-state index in [0.29, 0.717) is 24.6 Å². The SMILES string of the molecule is Nc1ccc(Cc2nc(C(=O)OCC3CCc4ccccc4C3)cs2)cc1. The molecule has 4 nitrogen and oxygen atoms in total. The second kappa shape index (κ2) is 7.92. The minimum Gasteiger partial charge on any atom is -0.461 e. The Morgan fingerprint density at radius 1 is 1.15 bits per heavy atom. The van der Waals surface area contributed by atoms with Gasteiger partial charge < -0.3 is 10.5 Å². The van der Waals surface area contributed by atoms with E-state index in [-0.39, 0.29) is 5.97 Å². The third kappa shape index (κ3) is 4.37. The number of aryl methyl sites for hydroxylation is 1. The lowest BCUT2D eigenvalue weighted by atomic mass is 9.84. The van der Waals surface area contributed by atoms with Crippen LogP contribution in [0.25, 0.3) is 0 Å². The number of rotatable bonds is 5. The molecule has 0 amide bonds. The van der Waals surface area contributed by atoms with Gasteiger partial charge in [0.1, 0.15) is 0 Å². The van der Waals surface area contributed by atoms with E-state index >= 15 is 0 Å². The van der Waals surface area contributed by atoms with Crippen LogP contribution in [0.4, 0.5) is 5.69 Å². The predicted molar refractivity (Wildman–Crippen MR) is 108 cm³/mol. The van der Waals surface area contributed by atoms with E-state index in [0.717, 1.165) is 35.5 Å². The second-order valence-electron chi connectivity index (χ2n) is 7.02. The summed E-state index contributed by atoms with van der Waals surface area (Å²) in [7, 11) is 0. The Morgan fingerprint density at radius 3 is 2.74 bits per heavy atom. The van der Waals surface area contributed by atoms with Gasteiger partial charge in [-0.15, -0.1) is 11.3 Å². The number of anilines is 1. The molecule has 0 saturated heterocycles. The normalized spacial score (nSPS) is 15.9. The standard InChI is InChI=1S/C22H22N2O2S/c23-19-9-6-15(7-10-19)12-21-24-20(14-27-21)22(25)26-13-16-5-8-17-3-1-2-4-18(17)11-16/h1-4,6-7,9-10,14,16H,5,8,11-13,23H2. The number of esters is 1. The van der Waals surface area contributed by atoms with Crippen LogP contribution in [0.5, 0.6) is 0 Å². The molecule has 1 aliphatic carbocycles. The van der Waals surface area contributed by atoms with Gasteiger partial charge >= 0.3 is 5.97 Å². The molecule has 0 fully saturated rings. The van der Waals surface area contributed by atoms with E-state index in [2.05, 4.69) is 29.2 Å². The summed E-state index contributed by atoms with van der Waals surface area (Å²) in [5.74, 6) is 0.0606. The summed E-state index contributed by atoms with van der Waals surface area (Å²) in [5, 5.41) is 2.68. The lowest BCUT2D eigenvalue weighted by Gasteiger charge is -2.24. The van der Waals surface area contributed by atoms with Crippen LogP contribution in [-0.4, -0.2) is 17.6 Å². The Kier molecular flexibility index (Phi) is 5.21. The molecule has 0 bridgehead atoms. The van der Waals surface area contributed by atoms with E-state index in [9.17, 15) is 4.79 Å². The maximum absolute atomic E-state index is 12.3. The molecule has 1 unspecified atom stereocenters. The number of benzene rings is 2. The number of carbonyl (C=O) groups excluding carboxylic acids is 1. The van der Waals surface area contributed by atoms with Crippen LogP contribution in [0.3, 0.4) is 0 Å². The van der Waals surface area contributed by atoms with Crippen LogP contribution in [0.15, 0.2) is 53.9 Å². The van der Waals surface area contributed by atoms with Crippen molar-refractivity contribution in [2.45, 2.75) is 25.7 Å². The van der Waals surface area contributed by atoms with Crippen molar-refractivity contribution >= 4 is 23.0 Å². The van der Waals surface area contributed by atoms with Gasteiger partial charge in [0.05, 0.1) is 11.6 Å². The highest BCUT2D eigenvalue weighted by molar-refractivity contribution is 7.09. The first kappa shape index (κ1) is 17.7. The molecule has 0 radical (unpaired) electrons. The predicted octanol–water partition coefficient (Wildman–Crippen LogP) is 4.28. The van der Waals surface area contributed by atoms with Gasteiger partial charge in [-0.25, -0.2) is 9.78 Å². The summed E-state index contributed by atoms with van der Waals surface area (Å²) in [4.78, 5) is 16.8. The van der Waals surface area contributed by atoms with Crippen LogP contribution >= 0.6 is 11.3 Å². The van der Waals surface area contributed by atoms with Gasteiger partial charge in [0.2, 0.25) is 0 Å². The number of nitrogens with zero attached hydrogens (tertiary/aromatic N) is 1. The fourth-order valence-corrected chi connectivity index (χ4v) is 4.28. The summed E-state index contributed by atoms with van der Waals surface area (Å²) in [6.45, 7) is 0.456. The molecule has 3 aromatic rings. The molecule has 0 spiro atoms. The summed E-state index contributed by atoms with van der Waals surface area (Å²) in [6, 6.07) is 16.2. The molecular weight excluding hydrogens is 356 g/mol. The van der Waals surface area contributed by atoms with Crippen molar-refractivity contribution in [1.82, 2.24) is 4.98 Å². The van der Waals surface area contributed by atoms with E-state index in [1.807, 2.05) is 24.3 Å². The van der Waals surface area contributed by atoms with Gasteiger partial charge in [-0.1, -0.05) is 36.4 Å². The fraction of sp³-hybridized carbons (Fsp3) is 0.273. The monoisotopic (exact) mass is 378 g/mol. The van der Waals surface area contributed by atoms with Gasteiger partial charge in [0, 0.05) is 17.5 Å². The van der Waals surface area contributed by atoms with Crippen LogP contribution in [0.1, 0.15) is 38.6 Å². The Labute approximate surface area is 163 Å². The summed E-state index contributed by atoms with van der Waals surface area (Å²) < 4.78 is 5.55. The Balaban J connectivity index is 1.31. The zero-order chi connectivity index (χ0) is 18.6. The Hall–Kier alpha value is -2.66. The zero-order valence-electron chi connectivity index (χ0n) is 15.1. The first-order valence-corrected chi connectivity index (χ1v) is 10.1. The Morgan fingerprint density at radius 2 is 1.93 bits per heavy atom. The molecule has 5 heteroatoms. The first-order valence-electron chi connectivity index (χ1n) is 9.20. The van der Waals surface area contributed by atoms with Crippen molar-refractivity contribution < 1.29 is 9.53 Å². The van der Waals surface area contributed by atoms with Gasteiger partial charge in [0.25, 0.3) is 0 Å². The molecule has 2 N–H and O–H groups in total. The molecule has 4 rings (SSSR count). The van der Waals surface area contributed by atoms with Crippen molar-refractivity contribution in [1.29, 1.82) is 0 Å². The summed E-state index contributed by atoms with van der Waals surface area (Å²) in [5.41, 5.74) is 10.8. The van der Waals surface area contributed by atoms with Crippen LogP contribution < -0.4 is 5.73 Å². The number of hydrogen-bond acceptors (Lipinski definition) is 5. The molecule has 0 saturated carbocycles. The average molecular weight is 378 g/mol. The lowest BCUT2D eigenvalue weighted by molar-refractivity contribution is 0.0422. The fourth-order valence-electron chi connectivity index (χ4n) is 3.48. The number of nitrogen functional groups attached to an aromatic ring is 1. The van der Waals surface area contributed by atoms with E-state index in [1.165, 1.54) is 22.5 Å². The Bertz CT molecular complexity index is 933. The van der Waals surface area contributed by atoms with Crippen molar-refractivity contribution in [2.24, 2.45) is 5.92 Å². The van der Waals surface area contributed by atoms with Gasteiger partial charge in [-0.05, 0) is 54.0 Å². The molecule has 0 aliphatic heterocycles. The van der Waals surface area contributed by atoms with Crippen molar-refractivity contribution in [3.05, 3.63) is 81.3 Å². The highest BCUT2D eigenvalue weighted by atomic mass is 32.1. The van der Waals surface area contributed by atoms with Crippen LogP contribution in [0, 0.1) is 5.92 Å². The highest BCUT2D eigenvalue weighted by Crippen LogP contribution is 2.26. The van der Waals surface area contributed by atoms with Crippen LogP contribution in [0.2, 0.25) is 0 Å². The topological polar surface area (TPSA) is 65.2 Å². The number of hydrogen-bond donors (Lipinski definition) is 1. The van der Waals surface area contributed by atoms with E-state index < -0.39 is 0 Å². The minimum absolute atomic E-state index is 0.325. The molecular formula is C22H22N2O2S. The van der Waals surface area contributed by atoms with Gasteiger partial charge in [-0.2, -0.15) is 0 Å². The molecule has 27 heavy (non-hydrogen) atoms. The van der Waals surface area contributed by atoms with Crippen molar-refractivity contribution in [2.75, 3.05) is 12.3 Å². The smallest absolute Gasteiger partial charge is 0.357 e. The number of carbonyl (C=O) groups is 1. The van der Waals surface area contributed by atoms with E-state index in [1.54, 1.807) is 5.38 Å². The summed E-state index contributed by atoms with van der Waals surface area (Å²) in [6.07, 6.45) is 3.78. The van der Waals surface area contributed by atoms with Gasteiger partial charge in [-0.3, -0.25) is 0 Å². The third-order valence-electron chi connectivity index (χ3n) is 4.99. The number of nitrogens with two attached hydrogens (primary N) is 1. The lowest BCUT2D eigenvalue weighted by Crippen LogP contribution is -2.21. The number of thiazole rings is 1. The molecule has 1 aromatic heterocycles. The largest absolute Gasteiger partial charge is 0.461 e. The molecule has 1 heterocycles. The van der Waals surface area contributed by atoms with Gasteiger partial charge in [0.15, 0.2) is 5.69 Å². The van der Waals surface area contributed by atoms with Crippen molar-refractivity contribution in [3.8, 4) is 0 Å². The van der Waals surface area contributed by atoms with E-state index in [4.69, 9.17) is 10.5 Å². The molecule has 2 aromatic carbocycles. The first-order chi connectivity index (χ1) is 13.2. The zero-order valence-corrected chi connectivity index (χ0v) is 15.9. The summed E-state index contributed by atoms with van der Waals surface area (Å²) >= 11 is 1.49. The van der Waals surface area contributed by atoms with Crippen LogP contribution in [-0.2, 0) is 24.0 Å². The maximum Gasteiger partial charge on any atom is 0.357 e. The average Bonchev–Trinajstić information content (AvgIpc) is 3.16. The minimum atomic E-state index is -0.325. The number of aromatic nitrogens is 1. The number of fused-ring (bicyclic) bond motifs is 1. The van der Waals surface area contributed by atoms with Crippen molar-refractivity contribution in [3.63, 3.8) is 0 Å². The third-order valence-corrected chi connectivity index (χ3v) is 5.84. The number of ether oxygens (including phenoxy) is 1. The quantitative estimate of drug-likeness (QED) is 0.532. The second-order valence-corrected chi connectivity index (χ2v) is 7.96. The molecule has 138 valence electrons. The highest BCUT2D eigenvalue weighted by Gasteiger charge is 2.21. The molecule has 1 atom stereocenters. The molecule has 1 aliphatic rings. The maximum atomic E-state index is 12.3.